The molecule has 19 heavy (non-hydrogen) atoms. The number of carbonyl (C=O) groups excluding carboxylic acids is 2. The number of nitrogens with zero attached hydrogens (tertiary/aromatic N) is 1. The maximum absolute atomic E-state index is 12.8. The summed E-state index contributed by atoms with van der Waals surface area (Å²) >= 11 is 0. The molecule has 0 aromatic rings. The molecule has 1 N–H and O–H groups in total. The predicted octanol–water partition coefficient (Wildman–Crippen LogP) is 0.681. The molecule has 1 saturated carbocycles. The lowest BCUT2D eigenvalue weighted by Crippen LogP contribution is -2.69. The van der Waals surface area contributed by atoms with Crippen molar-refractivity contribution in [2.75, 3.05) is 13.2 Å². The van der Waals surface area contributed by atoms with Crippen LogP contribution in [-0.4, -0.2) is 47.6 Å². The maximum Gasteiger partial charge on any atom is 0.246 e. The first-order valence-electron chi connectivity index (χ1n) is 7.28. The monoisotopic (exact) mass is 266 g/mol. The standard InChI is InChI=1S/C14H22N2O3/c1-3-10-12(17)15-11(9-4-5-9)13(18)16(10)14(2)6-7-19-8-14/h9-11H,3-8H2,1-2H3,(H,15,17). The summed E-state index contributed by atoms with van der Waals surface area (Å²) in [5.41, 5.74) is -0.317. The summed E-state index contributed by atoms with van der Waals surface area (Å²) in [4.78, 5) is 26.9. The van der Waals surface area contributed by atoms with Gasteiger partial charge in [0.1, 0.15) is 12.1 Å². The van der Waals surface area contributed by atoms with Crippen LogP contribution in [0.15, 0.2) is 0 Å². The lowest BCUT2D eigenvalue weighted by atomic mass is 9.91. The second-order valence-corrected chi connectivity index (χ2v) is 6.26. The molecule has 0 bridgehead atoms. The molecule has 3 unspecified atom stereocenters. The van der Waals surface area contributed by atoms with E-state index in [4.69, 9.17) is 4.74 Å². The van der Waals surface area contributed by atoms with Crippen molar-refractivity contribution in [1.82, 2.24) is 10.2 Å². The van der Waals surface area contributed by atoms with Crippen LogP contribution < -0.4 is 5.32 Å². The minimum absolute atomic E-state index is 0.00660. The van der Waals surface area contributed by atoms with Gasteiger partial charge < -0.3 is 15.0 Å². The summed E-state index contributed by atoms with van der Waals surface area (Å²) in [5, 5.41) is 2.93. The smallest absolute Gasteiger partial charge is 0.246 e. The van der Waals surface area contributed by atoms with Gasteiger partial charge in [0.05, 0.1) is 12.1 Å². The summed E-state index contributed by atoms with van der Waals surface area (Å²) in [7, 11) is 0. The van der Waals surface area contributed by atoms with Crippen molar-refractivity contribution in [3.63, 3.8) is 0 Å². The lowest BCUT2D eigenvalue weighted by Gasteiger charge is -2.47. The first-order chi connectivity index (χ1) is 9.07. The van der Waals surface area contributed by atoms with Gasteiger partial charge in [-0.2, -0.15) is 0 Å². The van der Waals surface area contributed by atoms with Crippen LogP contribution in [0.2, 0.25) is 0 Å². The fraction of sp³-hybridized carbons (Fsp3) is 0.857. The van der Waals surface area contributed by atoms with Crippen LogP contribution in [0.25, 0.3) is 0 Å². The van der Waals surface area contributed by atoms with E-state index in [9.17, 15) is 9.59 Å². The minimum atomic E-state index is -0.339. The van der Waals surface area contributed by atoms with E-state index in [-0.39, 0.29) is 29.4 Å². The summed E-state index contributed by atoms with van der Waals surface area (Å²) in [6.45, 7) is 5.22. The third kappa shape index (κ3) is 2.04. The van der Waals surface area contributed by atoms with Crippen molar-refractivity contribution in [2.45, 2.75) is 57.2 Å². The van der Waals surface area contributed by atoms with E-state index in [1.165, 1.54) is 0 Å². The van der Waals surface area contributed by atoms with Crippen LogP contribution in [-0.2, 0) is 14.3 Å². The zero-order valence-corrected chi connectivity index (χ0v) is 11.6. The van der Waals surface area contributed by atoms with E-state index in [0.717, 1.165) is 19.3 Å². The molecule has 2 amide bonds. The van der Waals surface area contributed by atoms with Crippen molar-refractivity contribution in [3.8, 4) is 0 Å². The van der Waals surface area contributed by atoms with Gasteiger partial charge in [0.25, 0.3) is 0 Å². The van der Waals surface area contributed by atoms with E-state index in [0.29, 0.717) is 25.6 Å². The molecule has 2 aliphatic heterocycles. The van der Waals surface area contributed by atoms with Crippen molar-refractivity contribution in [1.29, 1.82) is 0 Å². The minimum Gasteiger partial charge on any atom is -0.379 e. The molecule has 2 saturated heterocycles. The molecule has 0 aromatic carbocycles. The van der Waals surface area contributed by atoms with E-state index in [1.54, 1.807) is 0 Å². The Morgan fingerprint density at radius 1 is 1.42 bits per heavy atom. The molecule has 3 aliphatic rings. The van der Waals surface area contributed by atoms with Crippen molar-refractivity contribution in [3.05, 3.63) is 0 Å². The predicted molar refractivity (Wildman–Crippen MR) is 69.4 cm³/mol. The Balaban J connectivity index is 1.91. The van der Waals surface area contributed by atoms with Crippen LogP contribution >= 0.6 is 0 Å². The average Bonchev–Trinajstić information content (AvgIpc) is 3.13. The molecule has 3 fully saturated rings. The third-order valence-electron chi connectivity index (χ3n) is 4.68. The highest BCUT2D eigenvalue weighted by atomic mass is 16.5. The van der Waals surface area contributed by atoms with Gasteiger partial charge in [-0.05, 0) is 38.5 Å². The number of ether oxygens (including phenoxy) is 1. The normalized spacial score (nSPS) is 39.6. The van der Waals surface area contributed by atoms with Crippen molar-refractivity contribution < 1.29 is 14.3 Å². The highest BCUT2D eigenvalue weighted by molar-refractivity contribution is 5.97. The fourth-order valence-corrected chi connectivity index (χ4v) is 3.34. The van der Waals surface area contributed by atoms with Gasteiger partial charge in [0.15, 0.2) is 0 Å². The van der Waals surface area contributed by atoms with Gasteiger partial charge in [-0.1, -0.05) is 6.92 Å². The number of nitrogens with one attached hydrogen (secondary N) is 1. The quantitative estimate of drug-likeness (QED) is 0.817. The highest BCUT2D eigenvalue weighted by Gasteiger charge is 2.52. The Morgan fingerprint density at radius 2 is 2.16 bits per heavy atom. The topological polar surface area (TPSA) is 58.6 Å². The maximum atomic E-state index is 12.8. The van der Waals surface area contributed by atoms with Gasteiger partial charge >= 0.3 is 0 Å². The number of hydrogen-bond acceptors (Lipinski definition) is 3. The summed E-state index contributed by atoms with van der Waals surface area (Å²) in [6.07, 6.45) is 3.58. The molecular weight excluding hydrogens is 244 g/mol. The van der Waals surface area contributed by atoms with E-state index >= 15 is 0 Å². The Kier molecular flexibility index (Phi) is 3.04. The largest absolute Gasteiger partial charge is 0.379 e. The van der Waals surface area contributed by atoms with Gasteiger partial charge in [0.2, 0.25) is 11.8 Å². The second-order valence-electron chi connectivity index (χ2n) is 6.26. The van der Waals surface area contributed by atoms with Crippen LogP contribution in [0.3, 0.4) is 0 Å². The molecule has 3 rings (SSSR count). The first kappa shape index (κ1) is 12.9. The SMILES string of the molecule is CCC1C(=O)NC(C2CC2)C(=O)N1C1(C)CCOC1. The third-order valence-corrected chi connectivity index (χ3v) is 4.68. The van der Waals surface area contributed by atoms with E-state index < -0.39 is 0 Å². The van der Waals surface area contributed by atoms with Gasteiger partial charge in [-0.15, -0.1) is 0 Å². The van der Waals surface area contributed by atoms with Crippen LogP contribution in [0.1, 0.15) is 39.5 Å². The van der Waals surface area contributed by atoms with Gasteiger partial charge in [-0.25, -0.2) is 0 Å². The molecule has 2 heterocycles. The van der Waals surface area contributed by atoms with Crippen LogP contribution in [0.4, 0.5) is 0 Å². The number of rotatable bonds is 3. The van der Waals surface area contributed by atoms with Crippen LogP contribution in [0.5, 0.6) is 0 Å². The van der Waals surface area contributed by atoms with Crippen molar-refractivity contribution >= 4 is 11.8 Å². The van der Waals surface area contributed by atoms with E-state index in [2.05, 4.69) is 5.32 Å². The first-order valence-corrected chi connectivity index (χ1v) is 7.28. The molecule has 5 nitrogen and oxygen atoms in total. The molecule has 0 aromatic heterocycles. The lowest BCUT2D eigenvalue weighted by molar-refractivity contribution is -0.157. The zero-order valence-electron chi connectivity index (χ0n) is 11.6. The summed E-state index contributed by atoms with van der Waals surface area (Å²) in [6, 6.07) is -0.637. The molecule has 1 aliphatic carbocycles. The molecular formula is C14H22N2O3. The Hall–Kier alpha value is -1.10. The molecule has 0 radical (unpaired) electrons. The number of hydrogen-bond donors (Lipinski definition) is 1. The summed E-state index contributed by atoms with van der Waals surface area (Å²) < 4.78 is 5.48. The molecule has 5 heteroatoms. The molecule has 3 atom stereocenters. The number of piperazine rings is 1. The second kappa shape index (κ2) is 4.47. The Morgan fingerprint density at radius 3 is 2.68 bits per heavy atom. The molecule has 106 valence electrons. The highest BCUT2D eigenvalue weighted by Crippen LogP contribution is 2.38. The number of carbonyl (C=O) groups is 2. The van der Waals surface area contributed by atoms with Gasteiger partial charge in [0, 0.05) is 6.61 Å². The van der Waals surface area contributed by atoms with Crippen LogP contribution in [0, 0.1) is 5.92 Å². The van der Waals surface area contributed by atoms with Gasteiger partial charge in [-0.3, -0.25) is 9.59 Å². The summed E-state index contributed by atoms with van der Waals surface area (Å²) in [5.74, 6) is 0.455. The Bertz CT molecular complexity index is 399. The zero-order chi connectivity index (χ0) is 13.6. The fourth-order valence-electron chi connectivity index (χ4n) is 3.34. The van der Waals surface area contributed by atoms with Crippen molar-refractivity contribution in [2.24, 2.45) is 5.92 Å². The average molecular weight is 266 g/mol. The Labute approximate surface area is 113 Å². The molecule has 0 spiro atoms. The van der Waals surface area contributed by atoms with E-state index in [1.807, 2.05) is 18.7 Å². The number of amides is 2.